The van der Waals surface area contributed by atoms with Crippen LogP contribution in [0.15, 0.2) is 82.1 Å². The highest BCUT2D eigenvalue weighted by Gasteiger charge is 2.17. The molecule has 0 unspecified atom stereocenters. The summed E-state index contributed by atoms with van der Waals surface area (Å²) in [5.41, 5.74) is 7.94. The fraction of sp³-hybridized carbons (Fsp3) is 0.214. The van der Waals surface area contributed by atoms with Crippen LogP contribution in [0.25, 0.3) is 0 Å². The van der Waals surface area contributed by atoms with E-state index in [1.165, 1.54) is 11.8 Å². The van der Waals surface area contributed by atoms with Crippen molar-refractivity contribution in [3.05, 3.63) is 83.4 Å². The van der Waals surface area contributed by atoms with Crippen molar-refractivity contribution in [1.82, 2.24) is 15.0 Å². The van der Waals surface area contributed by atoms with Crippen molar-refractivity contribution in [2.24, 2.45) is 15.3 Å². The fourth-order valence-electron chi connectivity index (χ4n) is 3.95. The molecule has 0 amide bonds. The molecule has 0 saturated carbocycles. The fourth-order valence-corrected chi connectivity index (χ4v) is 3.95. The van der Waals surface area contributed by atoms with Gasteiger partial charge in [-0.2, -0.15) is 30.3 Å². The van der Waals surface area contributed by atoms with Crippen LogP contribution in [0.4, 0.5) is 34.9 Å². The maximum Gasteiger partial charge on any atom is 0.250 e. The predicted molar refractivity (Wildman–Crippen MR) is 150 cm³/mol. The summed E-state index contributed by atoms with van der Waals surface area (Å²) in [7, 11) is 0. The Kier molecular flexibility index (Phi) is 7.49. The lowest BCUT2D eigenvalue weighted by Gasteiger charge is -2.16. The van der Waals surface area contributed by atoms with Crippen LogP contribution >= 0.6 is 0 Å². The lowest BCUT2D eigenvalue weighted by molar-refractivity contribution is 0.474. The van der Waals surface area contributed by atoms with Gasteiger partial charge in [0.25, 0.3) is 0 Å². The third-order valence-electron chi connectivity index (χ3n) is 6.19. The second-order valence-electron chi connectivity index (χ2n) is 9.05. The number of hydrogen-bond donors (Lipinski definition) is 3. The van der Waals surface area contributed by atoms with Gasteiger partial charge in [0.2, 0.25) is 17.8 Å². The normalized spacial score (nSPS) is 13.5. The second-order valence-corrected chi connectivity index (χ2v) is 9.05. The molecule has 1 aliphatic heterocycles. The lowest BCUT2D eigenvalue weighted by Crippen LogP contribution is -2.21. The molecule has 1 aromatic heterocycles. The van der Waals surface area contributed by atoms with E-state index in [2.05, 4.69) is 52.8 Å². The number of benzene rings is 3. The predicted octanol–water partition coefficient (Wildman–Crippen LogP) is 6.40. The van der Waals surface area contributed by atoms with Gasteiger partial charge in [0.15, 0.2) is 0 Å². The molecular weight excluding hydrogens is 478 g/mol. The largest absolute Gasteiger partial charge is 0.507 e. The summed E-state index contributed by atoms with van der Waals surface area (Å²) in [4.78, 5) is 15.7. The van der Waals surface area contributed by atoms with Crippen molar-refractivity contribution in [2.75, 3.05) is 28.7 Å². The number of aryl methyl sites for hydroxylation is 2. The summed E-state index contributed by atoms with van der Waals surface area (Å²) in [6.07, 6.45) is 3.70. The number of aromatic hydroxyl groups is 1. The van der Waals surface area contributed by atoms with E-state index in [4.69, 9.17) is 0 Å². The molecule has 3 aromatic carbocycles. The Morgan fingerprint density at radius 2 is 1.53 bits per heavy atom. The highest BCUT2D eigenvalue weighted by atomic mass is 16.3. The van der Waals surface area contributed by atoms with Crippen LogP contribution in [0.3, 0.4) is 0 Å². The molecule has 0 radical (unpaired) electrons. The van der Waals surface area contributed by atoms with Crippen LogP contribution in [-0.2, 0) is 0 Å². The first kappa shape index (κ1) is 24.8. The Balaban J connectivity index is 1.33. The minimum Gasteiger partial charge on any atom is -0.507 e. The van der Waals surface area contributed by atoms with Gasteiger partial charge in [-0.25, -0.2) is 5.43 Å². The number of aromatic nitrogens is 3. The zero-order valence-corrected chi connectivity index (χ0v) is 21.3. The smallest absolute Gasteiger partial charge is 0.250 e. The van der Waals surface area contributed by atoms with Gasteiger partial charge in [-0.1, -0.05) is 24.3 Å². The molecule has 2 heterocycles. The topological polar surface area (TPSA) is 123 Å². The molecule has 0 spiro atoms. The molecule has 0 aliphatic carbocycles. The quantitative estimate of drug-likeness (QED) is 0.143. The van der Waals surface area contributed by atoms with Gasteiger partial charge in [-0.15, -0.1) is 0 Å². The molecule has 10 heteroatoms. The molecule has 0 atom stereocenters. The maximum atomic E-state index is 10.3. The average molecular weight is 508 g/mol. The van der Waals surface area contributed by atoms with E-state index >= 15 is 0 Å². The summed E-state index contributed by atoms with van der Waals surface area (Å²) >= 11 is 0. The molecule has 1 aliphatic rings. The number of azo groups is 1. The van der Waals surface area contributed by atoms with Crippen LogP contribution in [0, 0.1) is 13.8 Å². The molecular formula is C28H29N9O. The molecule has 0 bridgehead atoms. The third kappa shape index (κ3) is 6.28. The number of para-hydroxylation sites is 1. The first-order valence-corrected chi connectivity index (χ1v) is 12.5. The van der Waals surface area contributed by atoms with E-state index in [-0.39, 0.29) is 5.75 Å². The van der Waals surface area contributed by atoms with Crippen LogP contribution in [-0.4, -0.2) is 39.4 Å². The van der Waals surface area contributed by atoms with Crippen LogP contribution in [0.5, 0.6) is 5.75 Å². The summed E-state index contributed by atoms with van der Waals surface area (Å²) in [5, 5.41) is 26.4. The summed E-state index contributed by atoms with van der Waals surface area (Å²) in [6, 6.07) is 20.6. The number of rotatable bonds is 8. The van der Waals surface area contributed by atoms with Crippen LogP contribution in [0.2, 0.25) is 0 Å². The minimum absolute atomic E-state index is 0.0699. The number of hydrogen-bond acceptors (Lipinski definition) is 10. The summed E-state index contributed by atoms with van der Waals surface area (Å²) in [6.45, 7) is 5.89. The number of phenolic OH excluding ortho intramolecular Hbond substituents is 1. The van der Waals surface area contributed by atoms with Crippen molar-refractivity contribution in [3.8, 4) is 5.75 Å². The zero-order chi connectivity index (χ0) is 26.3. The van der Waals surface area contributed by atoms with Crippen molar-refractivity contribution < 1.29 is 5.11 Å². The Morgan fingerprint density at radius 3 is 2.29 bits per heavy atom. The highest BCUT2D eigenvalue weighted by molar-refractivity contribution is 5.85. The van der Waals surface area contributed by atoms with Crippen molar-refractivity contribution in [3.63, 3.8) is 0 Å². The average Bonchev–Trinajstić information content (AvgIpc) is 3.47. The molecule has 1 fully saturated rings. The number of anilines is 4. The summed E-state index contributed by atoms with van der Waals surface area (Å²) in [5.74, 6) is 1.37. The van der Waals surface area contributed by atoms with E-state index in [9.17, 15) is 5.11 Å². The van der Waals surface area contributed by atoms with E-state index in [0.717, 1.165) is 42.9 Å². The Bertz CT molecular complexity index is 1460. The van der Waals surface area contributed by atoms with Crippen LogP contribution < -0.4 is 15.6 Å². The number of nitrogens with one attached hydrogen (secondary N) is 2. The lowest BCUT2D eigenvalue weighted by atomic mass is 10.1. The van der Waals surface area contributed by atoms with Gasteiger partial charge in [0.1, 0.15) is 5.75 Å². The van der Waals surface area contributed by atoms with Gasteiger partial charge in [0.05, 0.1) is 17.6 Å². The van der Waals surface area contributed by atoms with Gasteiger partial charge >= 0.3 is 0 Å². The van der Waals surface area contributed by atoms with E-state index in [0.29, 0.717) is 29.1 Å². The molecule has 192 valence electrons. The molecule has 10 nitrogen and oxygen atoms in total. The number of hydrazone groups is 1. The Hall–Kier alpha value is -4.86. The first-order chi connectivity index (χ1) is 18.5. The van der Waals surface area contributed by atoms with Gasteiger partial charge in [-0.3, -0.25) is 0 Å². The molecule has 38 heavy (non-hydrogen) atoms. The van der Waals surface area contributed by atoms with Gasteiger partial charge in [0, 0.05) is 24.3 Å². The van der Waals surface area contributed by atoms with E-state index in [1.807, 2.05) is 55.5 Å². The van der Waals surface area contributed by atoms with Crippen molar-refractivity contribution >= 4 is 41.1 Å². The first-order valence-electron chi connectivity index (χ1n) is 12.5. The Morgan fingerprint density at radius 1 is 0.816 bits per heavy atom. The molecule has 4 aromatic rings. The van der Waals surface area contributed by atoms with Crippen molar-refractivity contribution in [1.29, 1.82) is 0 Å². The highest BCUT2D eigenvalue weighted by Crippen LogP contribution is 2.25. The Labute approximate surface area is 221 Å². The monoisotopic (exact) mass is 507 g/mol. The van der Waals surface area contributed by atoms with Gasteiger partial charge in [-0.05, 0) is 80.3 Å². The summed E-state index contributed by atoms with van der Waals surface area (Å²) < 4.78 is 0. The maximum absolute atomic E-state index is 10.3. The molecule has 1 saturated heterocycles. The number of phenols is 1. The van der Waals surface area contributed by atoms with Gasteiger partial charge < -0.3 is 15.3 Å². The van der Waals surface area contributed by atoms with E-state index in [1.54, 1.807) is 18.2 Å². The van der Waals surface area contributed by atoms with E-state index < -0.39 is 0 Å². The SMILES string of the molecule is Cc1ccc(N=Nc2ccc(O)c(/C=N\Nc3nc(Nc4ccccc4)nc(N4CCCC4)n3)c2)cc1C. The minimum atomic E-state index is 0.0699. The molecule has 3 N–H and O–H groups in total. The third-order valence-corrected chi connectivity index (χ3v) is 6.19. The standard InChI is InChI=1S/C28H29N9O/c1-19-10-11-23(16-20(19)2)34-35-24-12-13-25(38)21(17-24)18-29-36-27-31-26(30-22-8-4-3-5-9-22)32-28(33-27)37-14-6-7-15-37/h3-5,8-13,16-18,38H,6-7,14-15H2,1-2H3,(H2,30,31,32,33,36)/b29-18-,35-34?. The van der Waals surface area contributed by atoms with Crippen molar-refractivity contribution in [2.45, 2.75) is 26.7 Å². The number of nitrogens with zero attached hydrogens (tertiary/aromatic N) is 7. The zero-order valence-electron chi connectivity index (χ0n) is 21.3. The molecule has 5 rings (SSSR count). The van der Waals surface area contributed by atoms with Crippen LogP contribution in [0.1, 0.15) is 29.5 Å². The second kappa shape index (κ2) is 11.5.